The summed E-state index contributed by atoms with van der Waals surface area (Å²) in [5.41, 5.74) is 1.49. The van der Waals surface area contributed by atoms with E-state index in [0.717, 1.165) is 17.7 Å². The lowest BCUT2D eigenvalue weighted by atomic mass is 10.0. The molecule has 1 aliphatic heterocycles. The molecule has 0 unspecified atom stereocenters. The second kappa shape index (κ2) is 6.22. The van der Waals surface area contributed by atoms with E-state index in [1.54, 1.807) is 29.3 Å². The molecule has 5 nitrogen and oxygen atoms in total. The van der Waals surface area contributed by atoms with Crippen molar-refractivity contribution in [3.63, 3.8) is 0 Å². The number of carbonyl (C=O) groups excluding carboxylic acids is 1. The zero-order chi connectivity index (χ0) is 19.2. The Bertz CT molecular complexity index is 980. The third-order valence-corrected chi connectivity index (χ3v) is 4.59. The highest BCUT2D eigenvalue weighted by molar-refractivity contribution is 6.09. The van der Waals surface area contributed by atoms with Crippen LogP contribution in [0.5, 0.6) is 0 Å². The first-order valence-electron chi connectivity index (χ1n) is 8.33. The number of hydrogen-bond acceptors (Lipinski definition) is 3. The molecule has 0 saturated carbocycles. The highest BCUT2D eigenvalue weighted by atomic mass is 19.4. The number of nitrogens with zero attached hydrogens (tertiary/aromatic N) is 4. The van der Waals surface area contributed by atoms with E-state index < -0.39 is 11.7 Å². The van der Waals surface area contributed by atoms with Crippen LogP contribution in [-0.4, -0.2) is 27.2 Å². The average Bonchev–Trinajstić information content (AvgIpc) is 3.11. The molecule has 0 saturated heterocycles. The van der Waals surface area contributed by atoms with Gasteiger partial charge in [0.2, 0.25) is 0 Å². The molecule has 3 heterocycles. The quantitative estimate of drug-likeness (QED) is 0.678. The number of amides is 1. The van der Waals surface area contributed by atoms with Crippen molar-refractivity contribution in [2.75, 3.05) is 11.4 Å². The van der Waals surface area contributed by atoms with Crippen LogP contribution >= 0.6 is 0 Å². The standard InChI is InChI=1S/C19H15F3N4O/c1-12-11-25(15-6-4-14(5-7-15)19(20,21)22)18(27)17-16(10-24-26(12)17)13-3-2-8-23-9-13/h2-10,12H,11H2,1H3/t12-/m0/s1. The molecule has 1 aliphatic rings. The van der Waals surface area contributed by atoms with Gasteiger partial charge in [-0.25, -0.2) is 0 Å². The van der Waals surface area contributed by atoms with Gasteiger partial charge < -0.3 is 4.90 Å². The fourth-order valence-electron chi connectivity index (χ4n) is 3.25. The van der Waals surface area contributed by atoms with Gasteiger partial charge in [0.25, 0.3) is 5.91 Å². The molecule has 8 heteroatoms. The number of carbonyl (C=O) groups is 1. The van der Waals surface area contributed by atoms with Crippen molar-refractivity contribution in [1.29, 1.82) is 0 Å². The SMILES string of the molecule is C[C@H]1CN(c2ccc(C(F)(F)F)cc2)C(=O)c2c(-c3cccnc3)cnn21. The second-order valence-electron chi connectivity index (χ2n) is 6.40. The normalized spacial score (nSPS) is 17.1. The molecule has 0 bridgehead atoms. The minimum Gasteiger partial charge on any atom is -0.305 e. The molecule has 1 atom stereocenters. The number of anilines is 1. The number of aromatic nitrogens is 3. The molecule has 0 radical (unpaired) electrons. The third-order valence-electron chi connectivity index (χ3n) is 4.59. The Balaban J connectivity index is 1.74. The Morgan fingerprint density at radius 3 is 2.48 bits per heavy atom. The Morgan fingerprint density at radius 2 is 1.85 bits per heavy atom. The number of hydrogen-bond donors (Lipinski definition) is 0. The van der Waals surface area contributed by atoms with Crippen LogP contribution in [0.3, 0.4) is 0 Å². The number of alkyl halides is 3. The van der Waals surface area contributed by atoms with Gasteiger partial charge in [0.05, 0.1) is 17.8 Å². The summed E-state index contributed by atoms with van der Waals surface area (Å²) in [5.74, 6) is -0.302. The highest BCUT2D eigenvalue weighted by Gasteiger charge is 2.35. The number of benzene rings is 1. The zero-order valence-electron chi connectivity index (χ0n) is 14.3. The minimum atomic E-state index is -4.41. The first-order valence-corrected chi connectivity index (χ1v) is 8.33. The van der Waals surface area contributed by atoms with Crippen molar-refractivity contribution in [2.45, 2.75) is 19.1 Å². The van der Waals surface area contributed by atoms with Gasteiger partial charge in [0.1, 0.15) is 5.69 Å². The summed E-state index contributed by atoms with van der Waals surface area (Å²) in [5, 5.41) is 4.33. The number of rotatable bonds is 2. The molecule has 0 aliphatic carbocycles. The Morgan fingerprint density at radius 1 is 1.11 bits per heavy atom. The van der Waals surface area contributed by atoms with Crippen LogP contribution < -0.4 is 4.90 Å². The van der Waals surface area contributed by atoms with Crippen LogP contribution in [0.1, 0.15) is 29.0 Å². The zero-order valence-corrected chi connectivity index (χ0v) is 14.3. The first-order chi connectivity index (χ1) is 12.9. The summed E-state index contributed by atoms with van der Waals surface area (Å²) in [6.45, 7) is 2.23. The topological polar surface area (TPSA) is 51.0 Å². The molecule has 0 spiro atoms. The molecular formula is C19H15F3N4O. The van der Waals surface area contributed by atoms with Gasteiger partial charge in [-0.15, -0.1) is 0 Å². The molecular weight excluding hydrogens is 357 g/mol. The molecule has 2 aromatic heterocycles. The van der Waals surface area contributed by atoms with E-state index in [9.17, 15) is 18.0 Å². The first kappa shape index (κ1) is 17.3. The molecule has 4 rings (SSSR count). The predicted octanol–water partition coefficient (Wildman–Crippen LogP) is 4.19. The van der Waals surface area contributed by atoms with Crippen molar-refractivity contribution in [2.24, 2.45) is 0 Å². The van der Waals surface area contributed by atoms with E-state index in [1.165, 1.54) is 17.0 Å². The van der Waals surface area contributed by atoms with E-state index in [4.69, 9.17) is 0 Å². The number of fused-ring (bicyclic) bond motifs is 1. The maximum absolute atomic E-state index is 13.1. The smallest absolute Gasteiger partial charge is 0.305 e. The van der Waals surface area contributed by atoms with Crippen LogP contribution in [0.25, 0.3) is 11.1 Å². The van der Waals surface area contributed by atoms with Crippen LogP contribution in [0, 0.1) is 0 Å². The van der Waals surface area contributed by atoms with Crippen molar-refractivity contribution in [3.05, 3.63) is 66.2 Å². The third kappa shape index (κ3) is 2.97. The maximum atomic E-state index is 13.1. The van der Waals surface area contributed by atoms with Gasteiger partial charge in [0.15, 0.2) is 0 Å². The molecule has 0 fully saturated rings. The Kier molecular flexibility index (Phi) is 3.98. The van der Waals surface area contributed by atoms with Gasteiger partial charge in [-0.1, -0.05) is 6.07 Å². The average molecular weight is 372 g/mol. The van der Waals surface area contributed by atoms with Gasteiger partial charge in [-0.05, 0) is 37.3 Å². The fourth-order valence-corrected chi connectivity index (χ4v) is 3.25. The van der Waals surface area contributed by atoms with Gasteiger partial charge >= 0.3 is 6.18 Å². The summed E-state index contributed by atoms with van der Waals surface area (Å²) in [7, 11) is 0. The lowest BCUT2D eigenvalue weighted by Crippen LogP contribution is -2.42. The molecule has 1 aromatic carbocycles. The summed E-state index contributed by atoms with van der Waals surface area (Å²) < 4.78 is 40.1. The van der Waals surface area contributed by atoms with Crippen LogP contribution in [0.15, 0.2) is 55.0 Å². The monoisotopic (exact) mass is 372 g/mol. The fraction of sp³-hybridized carbons (Fsp3) is 0.211. The van der Waals surface area contributed by atoms with Crippen LogP contribution in [0.2, 0.25) is 0 Å². The lowest BCUT2D eigenvalue weighted by molar-refractivity contribution is -0.137. The molecule has 0 N–H and O–H groups in total. The number of pyridine rings is 1. The van der Waals surface area contributed by atoms with Gasteiger partial charge in [0, 0.05) is 35.8 Å². The maximum Gasteiger partial charge on any atom is 0.416 e. The summed E-state index contributed by atoms with van der Waals surface area (Å²) >= 11 is 0. The number of halogens is 3. The lowest BCUT2D eigenvalue weighted by Gasteiger charge is -2.32. The Labute approximate surface area is 153 Å². The molecule has 27 heavy (non-hydrogen) atoms. The summed E-state index contributed by atoms with van der Waals surface area (Å²) in [6, 6.07) is 8.10. The van der Waals surface area contributed by atoms with Crippen molar-refractivity contribution < 1.29 is 18.0 Å². The van der Waals surface area contributed by atoms with E-state index in [1.807, 2.05) is 13.0 Å². The van der Waals surface area contributed by atoms with Gasteiger partial charge in [-0.3, -0.25) is 14.5 Å². The van der Waals surface area contributed by atoms with Crippen molar-refractivity contribution in [3.8, 4) is 11.1 Å². The van der Waals surface area contributed by atoms with Crippen molar-refractivity contribution >= 4 is 11.6 Å². The molecule has 3 aromatic rings. The van der Waals surface area contributed by atoms with Gasteiger partial charge in [-0.2, -0.15) is 18.3 Å². The predicted molar refractivity (Wildman–Crippen MR) is 93.3 cm³/mol. The highest BCUT2D eigenvalue weighted by Crippen LogP contribution is 2.34. The van der Waals surface area contributed by atoms with E-state index in [0.29, 0.717) is 23.5 Å². The molecule has 138 valence electrons. The largest absolute Gasteiger partial charge is 0.416 e. The Hall–Kier alpha value is -3.16. The summed E-state index contributed by atoms with van der Waals surface area (Å²) in [6.07, 6.45) is 0.492. The van der Waals surface area contributed by atoms with E-state index >= 15 is 0 Å². The minimum absolute atomic E-state index is 0.120. The van der Waals surface area contributed by atoms with Crippen molar-refractivity contribution in [1.82, 2.24) is 14.8 Å². The summed E-state index contributed by atoms with van der Waals surface area (Å²) in [4.78, 5) is 18.7. The van der Waals surface area contributed by atoms with Crippen LogP contribution in [-0.2, 0) is 6.18 Å². The second-order valence-corrected chi connectivity index (χ2v) is 6.40. The van der Waals surface area contributed by atoms with Crippen LogP contribution in [0.4, 0.5) is 18.9 Å². The molecule has 1 amide bonds. The van der Waals surface area contributed by atoms with E-state index in [-0.39, 0.29) is 11.9 Å². The van der Waals surface area contributed by atoms with E-state index in [2.05, 4.69) is 10.1 Å².